The smallest absolute Gasteiger partial charge is 0.257 e. The third-order valence-corrected chi connectivity index (χ3v) is 4.61. The van der Waals surface area contributed by atoms with Gasteiger partial charge in [0.2, 0.25) is 0 Å². The molecule has 1 aliphatic rings. The summed E-state index contributed by atoms with van der Waals surface area (Å²) in [5.74, 6) is 1.66. The van der Waals surface area contributed by atoms with E-state index in [2.05, 4.69) is 11.1 Å². The van der Waals surface area contributed by atoms with Crippen LogP contribution in [0.15, 0.2) is 59.1 Å². The highest BCUT2D eigenvalue weighted by Crippen LogP contribution is 2.29. The van der Waals surface area contributed by atoms with E-state index >= 15 is 0 Å². The number of rotatable bonds is 2. The van der Waals surface area contributed by atoms with Crippen LogP contribution in [0.2, 0.25) is 0 Å². The van der Waals surface area contributed by atoms with Gasteiger partial charge >= 0.3 is 0 Å². The fourth-order valence-corrected chi connectivity index (χ4v) is 3.22. The molecule has 2 aromatic heterocycles. The predicted octanol–water partition coefficient (Wildman–Crippen LogP) is 4.20. The van der Waals surface area contributed by atoms with E-state index in [-0.39, 0.29) is 5.91 Å². The minimum atomic E-state index is -0.0554. The Morgan fingerprint density at radius 2 is 2.00 bits per heavy atom. The highest BCUT2D eigenvalue weighted by Gasteiger charge is 2.25. The lowest BCUT2D eigenvalue weighted by Crippen LogP contribution is -2.35. The third-order valence-electron chi connectivity index (χ3n) is 4.28. The van der Waals surface area contributed by atoms with Gasteiger partial charge in [0.1, 0.15) is 16.2 Å². The third kappa shape index (κ3) is 2.67. The molecule has 4 nitrogen and oxygen atoms in total. The number of aromatic amines is 1. The van der Waals surface area contributed by atoms with Crippen LogP contribution in [-0.2, 0) is 13.0 Å². The van der Waals surface area contributed by atoms with Crippen LogP contribution in [0.5, 0.6) is 0 Å². The molecule has 0 radical (unpaired) electrons. The Kier molecular flexibility index (Phi) is 3.78. The molecule has 0 saturated heterocycles. The van der Waals surface area contributed by atoms with Gasteiger partial charge in [0.05, 0.1) is 12.1 Å². The van der Waals surface area contributed by atoms with Crippen molar-refractivity contribution < 1.29 is 9.21 Å². The topological polar surface area (TPSA) is 49.2 Å². The van der Waals surface area contributed by atoms with E-state index in [9.17, 15) is 4.79 Å². The monoisotopic (exact) mass is 336 g/mol. The van der Waals surface area contributed by atoms with Crippen molar-refractivity contribution >= 4 is 18.1 Å². The number of amides is 1. The molecule has 0 spiro atoms. The lowest BCUT2D eigenvalue weighted by atomic mass is 10.1. The summed E-state index contributed by atoms with van der Waals surface area (Å²) in [6.45, 7) is 1.15. The zero-order chi connectivity index (χ0) is 16.5. The molecule has 1 amide bonds. The maximum atomic E-state index is 12.7. The lowest BCUT2D eigenvalue weighted by molar-refractivity contribution is 0.0719. The molecule has 0 saturated carbocycles. The van der Waals surface area contributed by atoms with Crippen molar-refractivity contribution in [2.24, 2.45) is 0 Å². The summed E-state index contributed by atoms with van der Waals surface area (Å²) >= 11 is 5.22. The number of hydrogen-bond acceptors (Lipinski definition) is 3. The van der Waals surface area contributed by atoms with E-state index in [4.69, 9.17) is 16.6 Å². The Balaban J connectivity index is 1.60. The molecule has 24 heavy (non-hydrogen) atoms. The molecule has 4 rings (SSSR count). The number of carbonyl (C=O) groups is 1. The molecule has 3 heterocycles. The highest BCUT2D eigenvalue weighted by molar-refractivity contribution is 7.71. The van der Waals surface area contributed by atoms with Crippen LogP contribution in [0.25, 0.3) is 11.3 Å². The molecule has 0 atom stereocenters. The summed E-state index contributed by atoms with van der Waals surface area (Å²) in [5, 5.41) is 0. The van der Waals surface area contributed by atoms with Gasteiger partial charge in [-0.25, -0.2) is 0 Å². The second-order valence-electron chi connectivity index (χ2n) is 5.81. The number of nitrogens with one attached hydrogen (secondary N) is 1. The molecule has 120 valence electrons. The summed E-state index contributed by atoms with van der Waals surface area (Å²) in [6, 6.07) is 15.6. The van der Waals surface area contributed by atoms with Gasteiger partial charge in [-0.15, -0.1) is 0 Å². The maximum Gasteiger partial charge on any atom is 0.257 e. The molecule has 5 heteroatoms. The van der Waals surface area contributed by atoms with E-state index in [0.29, 0.717) is 23.3 Å². The average molecular weight is 336 g/mol. The highest BCUT2D eigenvalue weighted by atomic mass is 32.1. The van der Waals surface area contributed by atoms with Crippen molar-refractivity contribution in [2.45, 2.75) is 13.0 Å². The second-order valence-corrected chi connectivity index (χ2v) is 6.22. The minimum Gasteiger partial charge on any atom is -0.459 e. The van der Waals surface area contributed by atoms with Gasteiger partial charge in [-0.05, 0) is 30.2 Å². The Morgan fingerprint density at radius 1 is 1.17 bits per heavy atom. The van der Waals surface area contributed by atoms with Gasteiger partial charge in [-0.1, -0.05) is 42.5 Å². The van der Waals surface area contributed by atoms with Gasteiger partial charge in [0.15, 0.2) is 0 Å². The first-order chi connectivity index (χ1) is 11.7. The Hall–Kier alpha value is -2.66. The van der Waals surface area contributed by atoms with Gasteiger partial charge in [-0.2, -0.15) is 0 Å². The van der Waals surface area contributed by atoms with Crippen LogP contribution in [0.3, 0.4) is 0 Å². The number of fused-ring (bicyclic) bond motifs is 1. The van der Waals surface area contributed by atoms with Gasteiger partial charge < -0.3 is 14.3 Å². The van der Waals surface area contributed by atoms with Crippen LogP contribution < -0.4 is 0 Å². The van der Waals surface area contributed by atoms with Crippen LogP contribution in [0, 0.1) is 4.64 Å². The van der Waals surface area contributed by atoms with Crippen molar-refractivity contribution in [1.29, 1.82) is 0 Å². The average Bonchev–Trinajstić information content (AvgIpc) is 3.05. The van der Waals surface area contributed by atoms with Gasteiger partial charge in [0.25, 0.3) is 5.91 Å². The summed E-state index contributed by atoms with van der Waals surface area (Å²) in [7, 11) is 0. The number of hydrogen-bond donors (Lipinski definition) is 1. The van der Waals surface area contributed by atoms with Crippen LogP contribution in [0.1, 0.15) is 21.7 Å². The van der Waals surface area contributed by atoms with Crippen molar-refractivity contribution in [1.82, 2.24) is 9.88 Å². The Morgan fingerprint density at radius 3 is 2.79 bits per heavy atom. The summed E-state index contributed by atoms with van der Waals surface area (Å²) in [4.78, 5) is 17.4. The van der Waals surface area contributed by atoms with E-state index in [1.807, 2.05) is 30.3 Å². The molecule has 0 aliphatic carbocycles. The number of furan rings is 1. The molecular weight excluding hydrogens is 320 g/mol. The van der Waals surface area contributed by atoms with Gasteiger partial charge in [0, 0.05) is 18.3 Å². The number of H-pyrrole nitrogens is 1. The molecule has 1 aromatic carbocycles. The van der Waals surface area contributed by atoms with Crippen LogP contribution >= 0.6 is 12.2 Å². The van der Waals surface area contributed by atoms with Crippen molar-refractivity contribution in [2.75, 3.05) is 6.54 Å². The van der Waals surface area contributed by atoms with E-state index in [1.165, 1.54) is 5.56 Å². The molecule has 3 aromatic rings. The summed E-state index contributed by atoms with van der Waals surface area (Å²) in [6.07, 6.45) is 2.52. The molecule has 1 aliphatic heterocycles. The molecule has 0 unspecified atom stereocenters. The SMILES string of the molecule is O=C(c1ccc[nH]c1=S)N1CCc2cc(-c3ccccc3)oc2C1. The fourth-order valence-electron chi connectivity index (χ4n) is 3.00. The number of nitrogens with zero attached hydrogens (tertiary/aromatic N) is 1. The van der Waals surface area contributed by atoms with Crippen molar-refractivity contribution in [3.63, 3.8) is 0 Å². The summed E-state index contributed by atoms with van der Waals surface area (Å²) in [5.41, 5.74) is 2.76. The second kappa shape index (κ2) is 6.09. The molecule has 1 N–H and O–H groups in total. The molecule has 0 bridgehead atoms. The standard InChI is InChI=1S/C19H16N2O2S/c22-19(15-7-4-9-20-18(15)24)21-10-8-14-11-16(23-17(14)12-21)13-5-2-1-3-6-13/h1-7,9,11H,8,10,12H2,(H,20,24). The first kappa shape index (κ1) is 14.9. The zero-order valence-corrected chi connectivity index (χ0v) is 13.8. The minimum absolute atomic E-state index is 0.0554. The van der Waals surface area contributed by atoms with Crippen LogP contribution in [-0.4, -0.2) is 22.3 Å². The molecular formula is C19H16N2O2S. The van der Waals surface area contributed by atoms with Crippen LogP contribution in [0.4, 0.5) is 0 Å². The largest absolute Gasteiger partial charge is 0.459 e. The predicted molar refractivity (Wildman–Crippen MR) is 94.2 cm³/mol. The Labute approximate surface area is 144 Å². The van der Waals surface area contributed by atoms with Gasteiger partial charge in [-0.3, -0.25) is 4.79 Å². The van der Waals surface area contributed by atoms with E-state index in [1.54, 1.807) is 23.2 Å². The lowest BCUT2D eigenvalue weighted by Gasteiger charge is -2.26. The van der Waals surface area contributed by atoms with Crippen molar-refractivity contribution in [3.8, 4) is 11.3 Å². The number of pyridine rings is 1. The maximum absolute atomic E-state index is 12.7. The fraction of sp³-hybridized carbons (Fsp3) is 0.158. The normalized spacial score (nSPS) is 13.6. The number of carbonyl (C=O) groups excluding carboxylic acids is 1. The Bertz CT molecular complexity index is 943. The summed E-state index contributed by atoms with van der Waals surface area (Å²) < 4.78 is 6.48. The number of aromatic nitrogens is 1. The molecule has 0 fully saturated rings. The first-order valence-corrected chi connectivity index (χ1v) is 8.27. The van der Waals surface area contributed by atoms with Crippen molar-refractivity contribution in [3.05, 3.63) is 76.3 Å². The van der Waals surface area contributed by atoms with E-state index < -0.39 is 0 Å². The number of benzene rings is 1. The zero-order valence-electron chi connectivity index (χ0n) is 13.0. The van der Waals surface area contributed by atoms with E-state index in [0.717, 1.165) is 23.5 Å². The first-order valence-electron chi connectivity index (χ1n) is 7.86. The quantitative estimate of drug-likeness (QED) is 0.714.